The summed E-state index contributed by atoms with van der Waals surface area (Å²) in [5, 5.41) is 1.73. The second-order valence-electron chi connectivity index (χ2n) is 4.22. The number of nitrogen functional groups attached to an aromatic ring is 1. The van der Waals surface area contributed by atoms with E-state index >= 15 is 0 Å². The topological polar surface area (TPSA) is 47.3 Å². The zero-order valence-electron chi connectivity index (χ0n) is 20.6. The number of hydrogen-bond donors (Lipinski definition) is 2. The van der Waals surface area contributed by atoms with Gasteiger partial charge in [0.2, 0.25) is 0 Å². The van der Waals surface area contributed by atoms with Crippen LogP contribution in [0.1, 0.15) is 57.3 Å². The third kappa shape index (κ3) is 2.96. The van der Waals surface area contributed by atoms with Gasteiger partial charge in [0.25, 0.3) is 0 Å². The lowest BCUT2D eigenvalue weighted by Gasteiger charge is -2.25. The molecule has 1 aliphatic rings. The summed E-state index contributed by atoms with van der Waals surface area (Å²) < 4.78 is 87.0. The number of piperidine rings is 1. The molecule has 0 aliphatic carbocycles. The molecule has 3 heteroatoms. The van der Waals surface area contributed by atoms with Crippen LogP contribution in [0, 0.1) is 6.92 Å². The highest BCUT2D eigenvalue weighted by Gasteiger charge is 2.19. The SMILES string of the molecule is [2H]C(C)(C)Oc1cc(C2([2H])C([2H])([2H])C([2H])([2H])NC([2H])([2H])C2([2H])[2H])c(C)cc1N. The van der Waals surface area contributed by atoms with Crippen LogP contribution in [0.15, 0.2) is 12.1 Å². The van der Waals surface area contributed by atoms with Crippen LogP contribution < -0.4 is 15.8 Å². The first-order valence-corrected chi connectivity index (χ1v) is 5.60. The molecule has 1 heterocycles. The van der Waals surface area contributed by atoms with Gasteiger partial charge in [0.15, 0.2) is 0 Å². The second-order valence-corrected chi connectivity index (χ2v) is 4.22. The highest BCUT2D eigenvalue weighted by molar-refractivity contribution is 5.57. The number of anilines is 1. The quantitative estimate of drug-likeness (QED) is 0.820. The molecule has 0 atom stereocenters. The zero-order valence-corrected chi connectivity index (χ0v) is 10.6. The van der Waals surface area contributed by atoms with Gasteiger partial charge in [0.1, 0.15) is 5.75 Å². The van der Waals surface area contributed by atoms with E-state index in [9.17, 15) is 0 Å². The molecule has 1 saturated heterocycles. The van der Waals surface area contributed by atoms with Gasteiger partial charge >= 0.3 is 0 Å². The van der Waals surface area contributed by atoms with Crippen LogP contribution in [-0.4, -0.2) is 19.1 Å². The lowest BCUT2D eigenvalue weighted by atomic mass is 9.87. The van der Waals surface area contributed by atoms with Gasteiger partial charge < -0.3 is 15.8 Å². The van der Waals surface area contributed by atoms with Crippen molar-refractivity contribution in [3.05, 3.63) is 23.3 Å². The summed E-state index contributed by atoms with van der Waals surface area (Å²) in [7, 11) is 0. The summed E-state index contributed by atoms with van der Waals surface area (Å²) in [4.78, 5) is 0. The molecule has 2 rings (SSSR count). The number of nitrogens with one attached hydrogen (secondary N) is 1. The molecule has 0 radical (unpaired) electrons. The third-order valence-electron chi connectivity index (χ3n) is 2.44. The standard InChI is InChI=1S/C15H24N2O/c1-10(2)18-15-9-13(11(3)8-14(15)16)12-4-6-17-7-5-12/h8-10,12,17H,4-7,16H2,1-3H3/i4D2,5D2,6D2,7D2,10D,12D. The molecule has 0 bridgehead atoms. The predicted molar refractivity (Wildman–Crippen MR) is 76.2 cm³/mol. The summed E-state index contributed by atoms with van der Waals surface area (Å²) in [6.45, 7) is -1.84. The van der Waals surface area contributed by atoms with Crippen molar-refractivity contribution in [2.45, 2.75) is 45.5 Å². The molecule has 1 aromatic rings. The Morgan fingerprint density at radius 1 is 1.50 bits per heavy atom. The van der Waals surface area contributed by atoms with Crippen molar-refractivity contribution in [1.29, 1.82) is 0 Å². The van der Waals surface area contributed by atoms with Crippen molar-refractivity contribution in [3.8, 4) is 5.75 Å². The molecular formula is C15H24N2O. The van der Waals surface area contributed by atoms with Crippen molar-refractivity contribution in [1.82, 2.24) is 5.32 Å². The van der Waals surface area contributed by atoms with E-state index in [1.54, 1.807) is 5.32 Å². The molecule has 0 amide bonds. The van der Waals surface area contributed by atoms with Crippen molar-refractivity contribution >= 4 is 5.69 Å². The van der Waals surface area contributed by atoms with E-state index in [1.807, 2.05) is 0 Å². The predicted octanol–water partition coefficient (Wildman–Crippen LogP) is 2.83. The Morgan fingerprint density at radius 2 is 2.17 bits per heavy atom. The van der Waals surface area contributed by atoms with Crippen LogP contribution in [-0.2, 0) is 0 Å². The van der Waals surface area contributed by atoms with Crippen LogP contribution in [0.25, 0.3) is 0 Å². The van der Waals surface area contributed by atoms with E-state index in [-0.39, 0.29) is 22.6 Å². The maximum Gasteiger partial charge on any atom is 0.142 e. The molecule has 0 aromatic heterocycles. The number of aryl methyl sites for hydroxylation is 1. The van der Waals surface area contributed by atoms with Gasteiger partial charge in [-0.15, -0.1) is 0 Å². The summed E-state index contributed by atoms with van der Waals surface area (Å²) >= 11 is 0. The zero-order chi connectivity index (χ0) is 22.1. The summed E-state index contributed by atoms with van der Waals surface area (Å²) in [6.07, 6.45) is -7.82. The Bertz CT molecular complexity index is 762. The number of nitrogens with two attached hydrogens (primary N) is 1. The van der Waals surface area contributed by atoms with Gasteiger partial charge in [-0.3, -0.25) is 0 Å². The van der Waals surface area contributed by atoms with Gasteiger partial charge in [-0.2, -0.15) is 0 Å². The largest absolute Gasteiger partial charge is 0.489 e. The number of hydrogen-bond acceptors (Lipinski definition) is 3. The first kappa shape index (κ1) is 5.41. The minimum atomic E-state index is -3.19. The van der Waals surface area contributed by atoms with Gasteiger partial charge in [0.05, 0.1) is 13.1 Å². The van der Waals surface area contributed by atoms with Gasteiger partial charge in [-0.1, -0.05) is 0 Å². The molecular weight excluding hydrogens is 224 g/mol. The summed E-state index contributed by atoms with van der Waals surface area (Å²) in [5.74, 6) is -3.11. The van der Waals surface area contributed by atoms with Crippen molar-refractivity contribution in [2.24, 2.45) is 0 Å². The average molecular weight is 258 g/mol. The second kappa shape index (κ2) is 5.61. The molecule has 3 N–H and O–H groups in total. The number of benzene rings is 1. The molecule has 0 saturated carbocycles. The van der Waals surface area contributed by atoms with Crippen LogP contribution in [0.3, 0.4) is 0 Å². The first-order valence-electron chi connectivity index (χ1n) is 10.6. The lowest BCUT2D eigenvalue weighted by molar-refractivity contribution is 0.243. The molecule has 1 fully saturated rings. The van der Waals surface area contributed by atoms with E-state index < -0.39 is 37.7 Å². The molecule has 1 aliphatic heterocycles. The number of rotatable bonds is 3. The Labute approximate surface area is 124 Å². The van der Waals surface area contributed by atoms with E-state index in [0.717, 1.165) is 6.07 Å². The smallest absolute Gasteiger partial charge is 0.142 e. The van der Waals surface area contributed by atoms with Crippen molar-refractivity contribution < 1.29 is 18.4 Å². The van der Waals surface area contributed by atoms with Crippen molar-refractivity contribution in [3.63, 3.8) is 0 Å². The van der Waals surface area contributed by atoms with Crippen LogP contribution in [0.5, 0.6) is 5.75 Å². The minimum Gasteiger partial charge on any atom is -0.489 e. The number of ether oxygens (including phenoxy) is 1. The van der Waals surface area contributed by atoms with E-state index in [4.69, 9.17) is 24.2 Å². The van der Waals surface area contributed by atoms with E-state index in [2.05, 4.69) is 0 Å². The monoisotopic (exact) mass is 258 g/mol. The third-order valence-corrected chi connectivity index (χ3v) is 2.44. The Kier molecular flexibility index (Phi) is 1.69. The van der Waals surface area contributed by atoms with E-state index in [0.29, 0.717) is 0 Å². The van der Waals surface area contributed by atoms with Crippen molar-refractivity contribution in [2.75, 3.05) is 18.7 Å². The summed E-state index contributed by atoms with van der Waals surface area (Å²) in [6, 6.07) is 2.41. The minimum absolute atomic E-state index is 0.0752. The Balaban J connectivity index is 2.87. The molecule has 18 heavy (non-hydrogen) atoms. The molecule has 0 unspecified atom stereocenters. The maximum atomic E-state index is 8.80. The van der Waals surface area contributed by atoms with Crippen LogP contribution >= 0.6 is 0 Å². The first-order chi connectivity index (χ1) is 12.2. The lowest BCUT2D eigenvalue weighted by Crippen LogP contribution is -2.27. The normalized spacial score (nSPS) is 38.8. The Morgan fingerprint density at radius 3 is 2.78 bits per heavy atom. The van der Waals surface area contributed by atoms with Crippen LogP contribution in [0.4, 0.5) is 5.69 Å². The average Bonchev–Trinajstić information content (AvgIpc) is 2.45. The van der Waals surface area contributed by atoms with Gasteiger partial charge in [0, 0.05) is 12.3 Å². The highest BCUT2D eigenvalue weighted by Crippen LogP contribution is 2.34. The summed E-state index contributed by atoms with van der Waals surface area (Å²) in [5.41, 5.74) is 5.83. The van der Waals surface area contributed by atoms with Gasteiger partial charge in [-0.05, 0) is 75.7 Å². The van der Waals surface area contributed by atoms with E-state index in [1.165, 1.54) is 26.8 Å². The maximum absolute atomic E-state index is 8.80. The fraction of sp³-hybridized carbons (Fsp3) is 0.600. The fourth-order valence-electron chi connectivity index (χ4n) is 1.67. The molecule has 3 nitrogen and oxygen atoms in total. The fourth-order valence-corrected chi connectivity index (χ4v) is 1.67. The van der Waals surface area contributed by atoms with Gasteiger partial charge in [-0.25, -0.2) is 0 Å². The molecule has 1 aromatic carbocycles. The van der Waals surface area contributed by atoms with Crippen LogP contribution in [0.2, 0.25) is 0 Å². The molecule has 0 spiro atoms. The highest BCUT2D eigenvalue weighted by atomic mass is 16.5. The molecule has 100 valence electrons. The Hall–Kier alpha value is -1.22.